The largest absolute Gasteiger partial charge is 0.390 e. The maximum Gasteiger partial charge on any atom is 0.226 e. The van der Waals surface area contributed by atoms with Crippen LogP contribution in [0.5, 0.6) is 0 Å². The predicted octanol–water partition coefficient (Wildman–Crippen LogP) is 3.29. The summed E-state index contributed by atoms with van der Waals surface area (Å²) in [5, 5.41) is 14.2. The van der Waals surface area contributed by atoms with E-state index in [1.807, 2.05) is 24.3 Å². The lowest BCUT2D eigenvalue weighted by atomic mass is 9.42. The average Bonchev–Trinajstić information content (AvgIpc) is 3.00. The molecule has 0 aliphatic heterocycles. The van der Waals surface area contributed by atoms with E-state index in [1.165, 1.54) is 6.42 Å². The zero-order valence-electron chi connectivity index (χ0n) is 15.3. The number of imidazole rings is 1. The highest BCUT2D eigenvalue weighted by Gasteiger charge is 2.64. The Kier molecular flexibility index (Phi) is 3.34. The summed E-state index contributed by atoms with van der Waals surface area (Å²) < 4.78 is 0. The highest BCUT2D eigenvalue weighted by molar-refractivity contribution is 5.83. The Bertz CT molecular complexity index is 844. The summed E-state index contributed by atoms with van der Waals surface area (Å²) in [7, 11) is 0. The molecular formula is C21H27N3O2. The number of fused-ring (bicyclic) bond motifs is 1. The monoisotopic (exact) mass is 353 g/mol. The number of H-pyrrole nitrogens is 1. The molecule has 1 heterocycles. The second kappa shape index (κ2) is 5.32. The second-order valence-corrected chi connectivity index (χ2v) is 9.25. The molecule has 2 aromatic rings. The highest BCUT2D eigenvalue weighted by atomic mass is 16.3. The van der Waals surface area contributed by atoms with Crippen LogP contribution in [0.3, 0.4) is 0 Å². The number of nitrogens with one attached hydrogen (secondary N) is 2. The molecule has 0 radical (unpaired) electrons. The number of hydrogen-bond donors (Lipinski definition) is 3. The molecule has 0 saturated heterocycles. The Hall–Kier alpha value is -1.88. The number of aromatic nitrogens is 2. The summed E-state index contributed by atoms with van der Waals surface area (Å²) in [5.74, 6) is 1.39. The topological polar surface area (TPSA) is 78.0 Å². The van der Waals surface area contributed by atoms with Crippen LogP contribution in [0.1, 0.15) is 57.7 Å². The van der Waals surface area contributed by atoms with Crippen molar-refractivity contribution in [2.75, 3.05) is 0 Å². The zero-order valence-corrected chi connectivity index (χ0v) is 15.3. The van der Waals surface area contributed by atoms with Gasteiger partial charge in [-0.05, 0) is 62.0 Å². The summed E-state index contributed by atoms with van der Waals surface area (Å²) in [6.07, 6.45) is 6.50. The number of amides is 1. The number of hydrogen-bond acceptors (Lipinski definition) is 3. The molecule has 3 N–H and O–H groups in total. The number of aliphatic hydroxyl groups is 1. The molecule has 0 spiro atoms. The van der Waals surface area contributed by atoms with Crippen LogP contribution in [0, 0.1) is 16.7 Å². The van der Waals surface area contributed by atoms with Crippen molar-refractivity contribution in [3.63, 3.8) is 0 Å². The van der Waals surface area contributed by atoms with Crippen LogP contribution in [0.25, 0.3) is 11.0 Å². The van der Waals surface area contributed by atoms with Gasteiger partial charge in [-0.3, -0.25) is 4.79 Å². The van der Waals surface area contributed by atoms with E-state index in [9.17, 15) is 9.90 Å². The van der Waals surface area contributed by atoms with Crippen LogP contribution in [-0.2, 0) is 11.3 Å². The standard InChI is InChI=1S/C21H27N3O2/c1-2-19-7-14-8-20(11-19,13-21(26,9-14)12-19)18(25)22-10-17-23-15-5-3-4-6-16(15)24-17/h3-6,14,26H,2,7-13H2,1H3,(H,22,25)(H,23,24)/t14-,19-,20+,21+/m0/s1. The fraction of sp³-hybridized carbons (Fsp3) is 0.619. The number of aromatic amines is 1. The smallest absolute Gasteiger partial charge is 0.226 e. The number of carbonyl (C=O) groups is 1. The molecule has 0 unspecified atom stereocenters. The minimum Gasteiger partial charge on any atom is -0.390 e. The van der Waals surface area contributed by atoms with Gasteiger partial charge >= 0.3 is 0 Å². The normalized spacial score (nSPS) is 38.0. The lowest BCUT2D eigenvalue weighted by molar-refractivity contribution is -0.204. The number of para-hydroxylation sites is 2. The maximum absolute atomic E-state index is 13.2. The SMILES string of the molecule is CC[C@@]12C[C@@H]3C[C@@](O)(C1)C[C@@](C(=O)NCc1nc4ccccc4[nH]1)(C3)C2. The molecule has 4 aliphatic carbocycles. The van der Waals surface area contributed by atoms with Crippen LogP contribution in [0.4, 0.5) is 0 Å². The first kappa shape index (κ1) is 16.3. The Morgan fingerprint density at radius 3 is 2.88 bits per heavy atom. The summed E-state index contributed by atoms with van der Waals surface area (Å²) in [4.78, 5) is 21.1. The van der Waals surface area contributed by atoms with E-state index in [4.69, 9.17) is 0 Å². The second-order valence-electron chi connectivity index (χ2n) is 9.25. The highest BCUT2D eigenvalue weighted by Crippen LogP contribution is 2.67. The lowest BCUT2D eigenvalue weighted by Crippen LogP contribution is -2.63. The van der Waals surface area contributed by atoms with E-state index >= 15 is 0 Å². The van der Waals surface area contributed by atoms with Crippen molar-refractivity contribution in [3.8, 4) is 0 Å². The van der Waals surface area contributed by atoms with Crippen molar-refractivity contribution in [2.24, 2.45) is 16.7 Å². The van der Waals surface area contributed by atoms with Gasteiger partial charge in [0.2, 0.25) is 5.91 Å². The molecule has 4 aliphatic rings. The molecule has 4 fully saturated rings. The Balaban J connectivity index is 1.36. The van der Waals surface area contributed by atoms with E-state index in [1.54, 1.807) is 0 Å². The van der Waals surface area contributed by atoms with Crippen molar-refractivity contribution >= 4 is 16.9 Å². The predicted molar refractivity (Wildman–Crippen MR) is 99.2 cm³/mol. The Labute approximate surface area is 153 Å². The summed E-state index contributed by atoms with van der Waals surface area (Å²) >= 11 is 0. The fourth-order valence-electron chi connectivity index (χ4n) is 6.67. The third-order valence-electron chi connectivity index (χ3n) is 7.24. The maximum atomic E-state index is 13.2. The Morgan fingerprint density at radius 1 is 1.27 bits per heavy atom. The molecule has 4 atom stereocenters. The molecule has 1 amide bonds. The van der Waals surface area contributed by atoms with E-state index in [0.717, 1.165) is 49.0 Å². The van der Waals surface area contributed by atoms with E-state index in [2.05, 4.69) is 22.2 Å². The molecule has 4 saturated carbocycles. The first-order valence-electron chi connectivity index (χ1n) is 9.88. The molecule has 1 aromatic carbocycles. The average molecular weight is 353 g/mol. The van der Waals surface area contributed by atoms with Gasteiger partial charge in [0, 0.05) is 0 Å². The fourth-order valence-corrected chi connectivity index (χ4v) is 6.67. The van der Waals surface area contributed by atoms with Crippen molar-refractivity contribution in [1.29, 1.82) is 0 Å². The van der Waals surface area contributed by atoms with Gasteiger partial charge in [0.15, 0.2) is 0 Å². The number of nitrogens with zero attached hydrogens (tertiary/aromatic N) is 1. The molecule has 4 bridgehead atoms. The molecule has 1 aromatic heterocycles. The summed E-state index contributed by atoms with van der Waals surface area (Å²) in [6, 6.07) is 7.90. The first-order chi connectivity index (χ1) is 12.4. The van der Waals surface area contributed by atoms with Crippen molar-refractivity contribution < 1.29 is 9.90 Å². The van der Waals surface area contributed by atoms with Gasteiger partial charge in [-0.1, -0.05) is 25.5 Å². The third-order valence-corrected chi connectivity index (χ3v) is 7.24. The first-order valence-corrected chi connectivity index (χ1v) is 9.88. The molecule has 5 heteroatoms. The minimum atomic E-state index is -0.633. The van der Waals surface area contributed by atoms with Gasteiger partial charge in [-0.2, -0.15) is 0 Å². The van der Waals surface area contributed by atoms with Crippen molar-refractivity contribution in [3.05, 3.63) is 30.1 Å². The number of carbonyl (C=O) groups excluding carboxylic acids is 1. The van der Waals surface area contributed by atoms with Crippen molar-refractivity contribution in [1.82, 2.24) is 15.3 Å². The molecule has 5 nitrogen and oxygen atoms in total. The summed E-state index contributed by atoms with van der Waals surface area (Å²) in [6.45, 7) is 2.63. The van der Waals surface area contributed by atoms with Crippen LogP contribution >= 0.6 is 0 Å². The molecule has 138 valence electrons. The van der Waals surface area contributed by atoms with Gasteiger partial charge in [0.1, 0.15) is 5.82 Å². The third kappa shape index (κ3) is 2.40. The summed E-state index contributed by atoms with van der Waals surface area (Å²) in [5.41, 5.74) is 1.05. The number of benzene rings is 1. The van der Waals surface area contributed by atoms with Gasteiger partial charge in [-0.15, -0.1) is 0 Å². The van der Waals surface area contributed by atoms with Gasteiger partial charge < -0.3 is 15.4 Å². The van der Waals surface area contributed by atoms with Crippen LogP contribution in [-0.4, -0.2) is 26.6 Å². The Morgan fingerprint density at radius 2 is 2.12 bits per heavy atom. The quantitative estimate of drug-likeness (QED) is 0.789. The lowest BCUT2D eigenvalue weighted by Gasteiger charge is -2.64. The zero-order chi connectivity index (χ0) is 18.0. The van der Waals surface area contributed by atoms with Gasteiger partial charge in [0.25, 0.3) is 0 Å². The van der Waals surface area contributed by atoms with Gasteiger partial charge in [0.05, 0.1) is 28.6 Å². The van der Waals surface area contributed by atoms with E-state index < -0.39 is 11.0 Å². The van der Waals surface area contributed by atoms with Crippen LogP contribution < -0.4 is 5.32 Å². The molecule has 26 heavy (non-hydrogen) atoms. The van der Waals surface area contributed by atoms with Crippen molar-refractivity contribution in [2.45, 2.75) is 64.0 Å². The number of rotatable bonds is 4. The minimum absolute atomic E-state index is 0.110. The molecular weight excluding hydrogens is 326 g/mol. The van der Waals surface area contributed by atoms with Gasteiger partial charge in [-0.25, -0.2) is 4.98 Å². The van der Waals surface area contributed by atoms with E-state index in [0.29, 0.717) is 18.9 Å². The van der Waals surface area contributed by atoms with E-state index in [-0.39, 0.29) is 11.3 Å². The van der Waals surface area contributed by atoms with Crippen LogP contribution in [0.2, 0.25) is 0 Å². The molecule has 6 rings (SSSR count). The van der Waals surface area contributed by atoms with Crippen LogP contribution in [0.15, 0.2) is 24.3 Å².